The van der Waals surface area contributed by atoms with Crippen LogP contribution in [-0.4, -0.2) is 50.4 Å². The number of carbonyl (C=O) groups is 1. The maximum Gasteiger partial charge on any atom is 0.401 e. The summed E-state index contributed by atoms with van der Waals surface area (Å²) in [6.07, 6.45) is -3.51. The van der Waals surface area contributed by atoms with Crippen molar-refractivity contribution in [1.29, 1.82) is 0 Å². The third-order valence-electron chi connectivity index (χ3n) is 3.94. The quantitative estimate of drug-likeness (QED) is 0.832. The summed E-state index contributed by atoms with van der Waals surface area (Å²) in [4.78, 5) is 13.1. The van der Waals surface area contributed by atoms with Crippen LogP contribution >= 0.6 is 0 Å². The van der Waals surface area contributed by atoms with Crippen LogP contribution in [0.3, 0.4) is 0 Å². The van der Waals surface area contributed by atoms with Crippen LogP contribution in [0.25, 0.3) is 0 Å². The van der Waals surface area contributed by atoms with E-state index in [9.17, 15) is 18.0 Å². The molecule has 1 aromatic carbocycles. The van der Waals surface area contributed by atoms with Crippen LogP contribution in [0.1, 0.15) is 12.0 Å². The largest absolute Gasteiger partial charge is 0.497 e. The van der Waals surface area contributed by atoms with E-state index in [4.69, 9.17) is 4.74 Å². The summed E-state index contributed by atoms with van der Waals surface area (Å²) in [5, 5.41) is 5.44. The van der Waals surface area contributed by atoms with E-state index in [-0.39, 0.29) is 11.9 Å². The van der Waals surface area contributed by atoms with Gasteiger partial charge in [0.25, 0.3) is 0 Å². The third-order valence-corrected chi connectivity index (χ3v) is 3.94. The molecule has 0 radical (unpaired) electrons. The molecule has 1 atom stereocenters. The number of alkyl halides is 3. The van der Waals surface area contributed by atoms with Gasteiger partial charge in [0.1, 0.15) is 5.75 Å². The molecule has 0 bridgehead atoms. The van der Waals surface area contributed by atoms with Gasteiger partial charge in [0.2, 0.25) is 0 Å². The molecule has 24 heavy (non-hydrogen) atoms. The predicted octanol–water partition coefficient (Wildman–Crippen LogP) is 2.38. The van der Waals surface area contributed by atoms with Gasteiger partial charge in [-0.25, -0.2) is 4.79 Å². The molecular formula is C16H22F3N3O2. The summed E-state index contributed by atoms with van der Waals surface area (Å²) < 4.78 is 42.0. The van der Waals surface area contributed by atoms with Crippen molar-refractivity contribution >= 4 is 6.03 Å². The Kier molecular flexibility index (Phi) is 6.30. The van der Waals surface area contributed by atoms with E-state index in [0.717, 1.165) is 11.3 Å². The second-order valence-electron chi connectivity index (χ2n) is 5.92. The monoisotopic (exact) mass is 345 g/mol. The zero-order valence-corrected chi connectivity index (χ0v) is 13.5. The highest BCUT2D eigenvalue weighted by Crippen LogP contribution is 2.22. The molecule has 134 valence electrons. The number of hydrogen-bond donors (Lipinski definition) is 2. The number of ether oxygens (including phenoxy) is 1. The minimum atomic E-state index is -4.17. The van der Waals surface area contributed by atoms with Gasteiger partial charge in [-0.3, -0.25) is 4.90 Å². The van der Waals surface area contributed by atoms with Crippen molar-refractivity contribution in [2.45, 2.75) is 19.1 Å². The van der Waals surface area contributed by atoms with Crippen LogP contribution < -0.4 is 15.4 Å². The molecule has 1 fully saturated rings. The minimum Gasteiger partial charge on any atom is -0.497 e. The van der Waals surface area contributed by atoms with Crippen LogP contribution in [0, 0.1) is 5.92 Å². The molecular weight excluding hydrogens is 323 g/mol. The molecule has 8 heteroatoms. The predicted molar refractivity (Wildman–Crippen MR) is 83.8 cm³/mol. The number of benzene rings is 1. The maximum absolute atomic E-state index is 12.3. The first-order valence-electron chi connectivity index (χ1n) is 7.79. The summed E-state index contributed by atoms with van der Waals surface area (Å²) in [7, 11) is 1.58. The van der Waals surface area contributed by atoms with Gasteiger partial charge in [-0.2, -0.15) is 13.2 Å². The Balaban J connectivity index is 1.64. The Morgan fingerprint density at radius 2 is 2.00 bits per heavy atom. The van der Waals surface area contributed by atoms with Gasteiger partial charge in [0.05, 0.1) is 13.7 Å². The van der Waals surface area contributed by atoms with E-state index < -0.39 is 12.7 Å². The molecule has 1 aromatic rings. The fourth-order valence-electron chi connectivity index (χ4n) is 2.70. The summed E-state index contributed by atoms with van der Waals surface area (Å²) in [5.41, 5.74) is 0.933. The smallest absolute Gasteiger partial charge is 0.401 e. The van der Waals surface area contributed by atoms with Crippen molar-refractivity contribution in [2.75, 3.05) is 33.3 Å². The average Bonchev–Trinajstić information content (AvgIpc) is 2.97. The van der Waals surface area contributed by atoms with Gasteiger partial charge >= 0.3 is 12.2 Å². The third kappa shape index (κ3) is 6.27. The Labute approximate surface area is 139 Å². The number of likely N-dealkylation sites (tertiary alicyclic amines) is 1. The number of methoxy groups -OCH3 is 1. The fourth-order valence-corrected chi connectivity index (χ4v) is 2.70. The Hall–Kier alpha value is -1.96. The van der Waals surface area contributed by atoms with Crippen molar-refractivity contribution in [3.8, 4) is 5.75 Å². The number of hydrogen-bond acceptors (Lipinski definition) is 3. The van der Waals surface area contributed by atoms with Gasteiger partial charge in [0.15, 0.2) is 0 Å². The van der Waals surface area contributed by atoms with Crippen molar-refractivity contribution in [3.63, 3.8) is 0 Å². The zero-order chi connectivity index (χ0) is 17.6. The van der Waals surface area contributed by atoms with E-state index in [1.165, 1.54) is 4.90 Å². The Bertz CT molecular complexity index is 534. The molecule has 1 aliphatic rings. The highest BCUT2D eigenvalue weighted by atomic mass is 19.4. The number of nitrogens with zero attached hydrogens (tertiary/aromatic N) is 1. The van der Waals surface area contributed by atoms with E-state index >= 15 is 0 Å². The second kappa shape index (κ2) is 8.23. The second-order valence-corrected chi connectivity index (χ2v) is 5.92. The van der Waals surface area contributed by atoms with Gasteiger partial charge in [0, 0.05) is 19.6 Å². The molecule has 2 rings (SSSR count). The highest BCUT2D eigenvalue weighted by molar-refractivity contribution is 5.73. The van der Waals surface area contributed by atoms with Crippen LogP contribution in [0.5, 0.6) is 5.75 Å². The van der Waals surface area contributed by atoms with Gasteiger partial charge in [-0.05, 0) is 36.6 Å². The molecule has 0 saturated carbocycles. The number of nitrogens with one attached hydrogen (secondary N) is 2. The van der Waals surface area contributed by atoms with Crippen molar-refractivity contribution in [1.82, 2.24) is 15.5 Å². The van der Waals surface area contributed by atoms with Crippen LogP contribution in [-0.2, 0) is 6.54 Å². The molecule has 1 heterocycles. The number of amides is 2. The average molecular weight is 345 g/mol. The van der Waals surface area contributed by atoms with Crippen LogP contribution in [0.15, 0.2) is 24.3 Å². The minimum absolute atomic E-state index is 0.0547. The molecule has 0 aliphatic carbocycles. The normalized spacial score (nSPS) is 18.4. The fraction of sp³-hybridized carbons (Fsp3) is 0.562. The van der Waals surface area contributed by atoms with Gasteiger partial charge in [-0.1, -0.05) is 12.1 Å². The molecule has 1 saturated heterocycles. The molecule has 5 nitrogen and oxygen atoms in total. The van der Waals surface area contributed by atoms with Gasteiger partial charge < -0.3 is 15.4 Å². The molecule has 1 unspecified atom stereocenters. The van der Waals surface area contributed by atoms with E-state index in [2.05, 4.69) is 10.6 Å². The standard InChI is InChI=1S/C16H22F3N3O2/c1-24-14-4-2-12(3-5-14)8-20-15(23)21-9-13-6-7-22(10-13)11-16(17,18)19/h2-5,13H,6-11H2,1H3,(H2,20,21,23). The van der Waals surface area contributed by atoms with E-state index in [0.29, 0.717) is 32.6 Å². The molecule has 1 aliphatic heterocycles. The molecule has 0 spiro atoms. The molecule has 2 amide bonds. The first kappa shape index (κ1) is 18.4. The lowest BCUT2D eigenvalue weighted by Crippen LogP contribution is -2.39. The zero-order valence-electron chi connectivity index (χ0n) is 13.5. The number of urea groups is 1. The Morgan fingerprint density at radius 3 is 2.62 bits per heavy atom. The number of carbonyl (C=O) groups excluding carboxylic acids is 1. The van der Waals surface area contributed by atoms with Crippen molar-refractivity contribution < 1.29 is 22.7 Å². The number of halogens is 3. The lowest BCUT2D eigenvalue weighted by atomic mass is 10.1. The first-order chi connectivity index (χ1) is 11.4. The van der Waals surface area contributed by atoms with E-state index in [1.807, 2.05) is 24.3 Å². The Morgan fingerprint density at radius 1 is 1.29 bits per heavy atom. The summed E-state index contributed by atoms with van der Waals surface area (Å²) >= 11 is 0. The molecule has 2 N–H and O–H groups in total. The SMILES string of the molecule is COc1ccc(CNC(=O)NCC2CCN(CC(F)(F)F)C2)cc1. The number of rotatable bonds is 6. The van der Waals surface area contributed by atoms with Gasteiger partial charge in [-0.15, -0.1) is 0 Å². The van der Waals surface area contributed by atoms with Crippen molar-refractivity contribution in [3.05, 3.63) is 29.8 Å². The lowest BCUT2D eigenvalue weighted by Gasteiger charge is -2.18. The molecule has 0 aromatic heterocycles. The summed E-state index contributed by atoms with van der Waals surface area (Å²) in [6, 6.07) is 7.00. The van der Waals surface area contributed by atoms with Crippen molar-refractivity contribution in [2.24, 2.45) is 5.92 Å². The van der Waals surface area contributed by atoms with E-state index in [1.54, 1.807) is 7.11 Å². The first-order valence-corrected chi connectivity index (χ1v) is 7.79. The van der Waals surface area contributed by atoms with Crippen LogP contribution in [0.2, 0.25) is 0 Å². The summed E-state index contributed by atoms with van der Waals surface area (Å²) in [6.45, 7) is 0.647. The van der Waals surface area contributed by atoms with Crippen LogP contribution in [0.4, 0.5) is 18.0 Å². The summed E-state index contributed by atoms with van der Waals surface area (Å²) in [5.74, 6) is 0.798. The highest BCUT2D eigenvalue weighted by Gasteiger charge is 2.34. The topological polar surface area (TPSA) is 53.6 Å². The maximum atomic E-state index is 12.3. The lowest BCUT2D eigenvalue weighted by molar-refractivity contribution is -0.143.